The van der Waals surface area contributed by atoms with Crippen LogP contribution in [0.3, 0.4) is 0 Å². The smallest absolute Gasteiger partial charge is 0.120 e. The Morgan fingerprint density at radius 1 is 1.06 bits per heavy atom. The zero-order valence-electron chi connectivity index (χ0n) is 9.97. The average molecular weight is 227 g/mol. The molecule has 0 bridgehead atoms. The lowest BCUT2D eigenvalue weighted by Crippen LogP contribution is -2.05. The second-order valence-corrected chi connectivity index (χ2v) is 4.14. The molecule has 2 aromatic rings. The van der Waals surface area contributed by atoms with E-state index in [9.17, 15) is 0 Å². The van der Waals surface area contributed by atoms with E-state index in [0.29, 0.717) is 6.61 Å². The molecular weight excluding hydrogens is 210 g/mol. The summed E-state index contributed by atoms with van der Waals surface area (Å²) in [7, 11) is 0. The van der Waals surface area contributed by atoms with Crippen molar-refractivity contribution in [2.24, 2.45) is 5.73 Å². The van der Waals surface area contributed by atoms with E-state index in [4.69, 9.17) is 10.5 Å². The quantitative estimate of drug-likeness (QED) is 0.870. The fourth-order valence-corrected chi connectivity index (χ4v) is 1.63. The molecule has 2 nitrogen and oxygen atoms in total. The van der Waals surface area contributed by atoms with Gasteiger partial charge >= 0.3 is 0 Å². The first kappa shape index (κ1) is 11.7. The highest BCUT2D eigenvalue weighted by Gasteiger charge is 2.01. The number of hydrogen-bond donors (Lipinski definition) is 1. The molecule has 0 fully saturated rings. The van der Waals surface area contributed by atoms with Gasteiger partial charge in [-0.1, -0.05) is 42.5 Å². The molecule has 0 aromatic heterocycles. The molecule has 17 heavy (non-hydrogen) atoms. The van der Waals surface area contributed by atoms with Crippen molar-refractivity contribution in [3.63, 3.8) is 0 Å². The van der Waals surface area contributed by atoms with Gasteiger partial charge in [-0.3, -0.25) is 0 Å². The van der Waals surface area contributed by atoms with Crippen LogP contribution in [-0.2, 0) is 6.61 Å². The van der Waals surface area contributed by atoms with E-state index >= 15 is 0 Å². The summed E-state index contributed by atoms with van der Waals surface area (Å²) >= 11 is 0. The predicted octanol–water partition coefficient (Wildman–Crippen LogP) is 3.29. The molecule has 0 aliphatic heterocycles. The molecule has 88 valence electrons. The van der Waals surface area contributed by atoms with Crippen molar-refractivity contribution in [1.82, 2.24) is 0 Å². The van der Waals surface area contributed by atoms with Crippen LogP contribution in [0.4, 0.5) is 0 Å². The van der Waals surface area contributed by atoms with Crippen LogP contribution >= 0.6 is 0 Å². The highest BCUT2D eigenvalue weighted by molar-refractivity contribution is 5.30. The van der Waals surface area contributed by atoms with Crippen molar-refractivity contribution >= 4 is 0 Å². The van der Waals surface area contributed by atoms with Gasteiger partial charge in [-0.15, -0.1) is 0 Å². The lowest BCUT2D eigenvalue weighted by Gasteiger charge is -2.10. The Hall–Kier alpha value is -1.80. The SMILES string of the molecule is C[C@H](N)c1cccc(OCc2ccccc2)c1. The first-order valence-electron chi connectivity index (χ1n) is 5.78. The van der Waals surface area contributed by atoms with Crippen LogP contribution in [0.2, 0.25) is 0 Å². The van der Waals surface area contributed by atoms with Crippen LogP contribution < -0.4 is 10.5 Å². The van der Waals surface area contributed by atoms with Crippen LogP contribution in [0.1, 0.15) is 24.1 Å². The van der Waals surface area contributed by atoms with Crippen LogP contribution in [0.15, 0.2) is 54.6 Å². The van der Waals surface area contributed by atoms with Crippen molar-refractivity contribution in [2.75, 3.05) is 0 Å². The Morgan fingerprint density at radius 2 is 1.82 bits per heavy atom. The van der Waals surface area contributed by atoms with E-state index in [1.807, 2.05) is 49.4 Å². The number of benzene rings is 2. The Balaban J connectivity index is 2.02. The van der Waals surface area contributed by atoms with Crippen molar-refractivity contribution in [3.8, 4) is 5.75 Å². The summed E-state index contributed by atoms with van der Waals surface area (Å²) in [6, 6.07) is 18.1. The summed E-state index contributed by atoms with van der Waals surface area (Å²) in [4.78, 5) is 0. The first-order valence-corrected chi connectivity index (χ1v) is 5.78. The van der Waals surface area contributed by atoms with Crippen LogP contribution in [-0.4, -0.2) is 0 Å². The van der Waals surface area contributed by atoms with Crippen molar-refractivity contribution in [1.29, 1.82) is 0 Å². The molecule has 2 heteroatoms. The minimum absolute atomic E-state index is 0.0373. The Kier molecular flexibility index (Phi) is 3.78. The summed E-state index contributed by atoms with van der Waals surface area (Å²) in [5.74, 6) is 0.864. The van der Waals surface area contributed by atoms with E-state index in [-0.39, 0.29) is 6.04 Å². The van der Waals surface area contributed by atoms with Gasteiger partial charge in [-0.25, -0.2) is 0 Å². The lowest BCUT2D eigenvalue weighted by atomic mass is 10.1. The topological polar surface area (TPSA) is 35.2 Å². The zero-order valence-corrected chi connectivity index (χ0v) is 9.97. The fraction of sp³-hybridized carbons (Fsp3) is 0.200. The van der Waals surface area contributed by atoms with Crippen LogP contribution in [0.25, 0.3) is 0 Å². The third-order valence-corrected chi connectivity index (χ3v) is 2.63. The van der Waals surface area contributed by atoms with E-state index in [1.54, 1.807) is 0 Å². The summed E-state index contributed by atoms with van der Waals surface area (Å²) in [5.41, 5.74) is 8.09. The maximum atomic E-state index is 5.83. The minimum Gasteiger partial charge on any atom is -0.489 e. The molecule has 0 saturated carbocycles. The number of ether oxygens (including phenoxy) is 1. The van der Waals surface area contributed by atoms with Crippen LogP contribution in [0, 0.1) is 0 Å². The van der Waals surface area contributed by atoms with E-state index in [2.05, 4.69) is 12.1 Å². The summed E-state index contributed by atoms with van der Waals surface area (Å²) in [5, 5.41) is 0. The molecule has 0 saturated heterocycles. The molecule has 0 spiro atoms. The molecule has 0 radical (unpaired) electrons. The van der Waals surface area contributed by atoms with E-state index in [1.165, 1.54) is 5.56 Å². The molecule has 2 rings (SSSR count). The third-order valence-electron chi connectivity index (χ3n) is 2.63. The number of rotatable bonds is 4. The largest absolute Gasteiger partial charge is 0.489 e. The predicted molar refractivity (Wildman–Crippen MR) is 69.8 cm³/mol. The second kappa shape index (κ2) is 5.51. The summed E-state index contributed by atoms with van der Waals surface area (Å²) in [6.45, 7) is 2.56. The first-order chi connectivity index (χ1) is 8.25. The Labute approximate surface area is 102 Å². The highest BCUT2D eigenvalue weighted by atomic mass is 16.5. The third kappa shape index (κ3) is 3.33. The van der Waals surface area contributed by atoms with Gasteiger partial charge in [0, 0.05) is 6.04 Å². The van der Waals surface area contributed by atoms with Gasteiger partial charge in [0.05, 0.1) is 0 Å². The van der Waals surface area contributed by atoms with Gasteiger partial charge in [-0.05, 0) is 30.2 Å². The number of nitrogens with two attached hydrogens (primary N) is 1. The van der Waals surface area contributed by atoms with Gasteiger partial charge in [0.1, 0.15) is 12.4 Å². The summed E-state index contributed by atoms with van der Waals surface area (Å²) in [6.07, 6.45) is 0. The zero-order chi connectivity index (χ0) is 12.1. The Morgan fingerprint density at radius 3 is 2.53 bits per heavy atom. The Bertz CT molecular complexity index is 465. The molecule has 0 aliphatic carbocycles. The van der Waals surface area contributed by atoms with Gasteiger partial charge in [0.25, 0.3) is 0 Å². The van der Waals surface area contributed by atoms with Gasteiger partial charge in [0.2, 0.25) is 0 Å². The average Bonchev–Trinajstić information content (AvgIpc) is 2.38. The van der Waals surface area contributed by atoms with Gasteiger partial charge < -0.3 is 10.5 Å². The minimum atomic E-state index is 0.0373. The normalized spacial score (nSPS) is 12.1. The molecule has 2 aromatic carbocycles. The second-order valence-electron chi connectivity index (χ2n) is 4.14. The highest BCUT2D eigenvalue weighted by Crippen LogP contribution is 2.18. The molecule has 2 N–H and O–H groups in total. The van der Waals surface area contributed by atoms with Gasteiger partial charge in [-0.2, -0.15) is 0 Å². The van der Waals surface area contributed by atoms with Gasteiger partial charge in [0.15, 0.2) is 0 Å². The van der Waals surface area contributed by atoms with E-state index in [0.717, 1.165) is 11.3 Å². The molecule has 0 aliphatic rings. The molecule has 0 amide bonds. The van der Waals surface area contributed by atoms with Crippen molar-refractivity contribution < 1.29 is 4.74 Å². The van der Waals surface area contributed by atoms with Crippen molar-refractivity contribution in [3.05, 3.63) is 65.7 Å². The maximum absolute atomic E-state index is 5.83. The molecule has 1 atom stereocenters. The molecular formula is C15H17NO. The fourth-order valence-electron chi connectivity index (χ4n) is 1.63. The van der Waals surface area contributed by atoms with Crippen LogP contribution in [0.5, 0.6) is 5.75 Å². The van der Waals surface area contributed by atoms with Crippen molar-refractivity contribution in [2.45, 2.75) is 19.6 Å². The monoisotopic (exact) mass is 227 g/mol. The molecule has 0 heterocycles. The van der Waals surface area contributed by atoms with E-state index < -0.39 is 0 Å². The summed E-state index contributed by atoms with van der Waals surface area (Å²) < 4.78 is 5.73. The lowest BCUT2D eigenvalue weighted by molar-refractivity contribution is 0.306. The maximum Gasteiger partial charge on any atom is 0.120 e. The number of hydrogen-bond acceptors (Lipinski definition) is 2. The standard InChI is InChI=1S/C15H17NO/c1-12(16)14-8-5-9-15(10-14)17-11-13-6-3-2-4-7-13/h2-10,12H,11,16H2,1H3/t12-/m0/s1. The molecule has 0 unspecified atom stereocenters.